The van der Waals surface area contributed by atoms with E-state index in [1.54, 1.807) is 24.5 Å². The number of anilines is 1. The minimum absolute atomic E-state index is 0.185. The van der Waals surface area contributed by atoms with E-state index in [4.69, 9.17) is 11.6 Å². The van der Waals surface area contributed by atoms with Crippen molar-refractivity contribution in [2.24, 2.45) is 0 Å². The predicted octanol–water partition coefficient (Wildman–Crippen LogP) is 1.30. The summed E-state index contributed by atoms with van der Waals surface area (Å²) in [7, 11) is 0. The fourth-order valence-electron chi connectivity index (χ4n) is 1.37. The molecule has 7 heteroatoms. The van der Waals surface area contributed by atoms with Gasteiger partial charge in [0.2, 0.25) is 0 Å². The third-order valence-electron chi connectivity index (χ3n) is 2.24. The summed E-state index contributed by atoms with van der Waals surface area (Å²) in [6.07, 6.45) is 4.74. The van der Waals surface area contributed by atoms with E-state index in [-0.39, 0.29) is 5.91 Å². The summed E-state index contributed by atoms with van der Waals surface area (Å²) in [5.41, 5.74) is 1.24. The molecular weight excluding hydrogens is 254 g/mol. The van der Waals surface area contributed by atoms with Crippen LogP contribution in [-0.2, 0) is 0 Å². The Labute approximate surface area is 109 Å². The molecule has 0 aliphatic rings. The van der Waals surface area contributed by atoms with Crippen molar-refractivity contribution in [1.29, 1.82) is 0 Å². The Bertz CT molecular complexity index is 514. The quantitative estimate of drug-likeness (QED) is 0.712. The van der Waals surface area contributed by atoms with Crippen LogP contribution in [0.3, 0.4) is 0 Å². The normalized spacial score (nSPS) is 10.1. The van der Waals surface area contributed by atoms with Gasteiger partial charge >= 0.3 is 0 Å². The Morgan fingerprint density at radius 3 is 2.94 bits per heavy atom. The first-order chi connectivity index (χ1) is 8.77. The van der Waals surface area contributed by atoms with Crippen LogP contribution in [0.25, 0.3) is 0 Å². The highest BCUT2D eigenvalue weighted by molar-refractivity contribution is 6.33. The molecule has 0 aromatic carbocycles. The maximum Gasteiger partial charge on any atom is 0.269 e. The average molecular weight is 266 g/mol. The number of rotatable bonds is 5. The van der Waals surface area contributed by atoms with Crippen LogP contribution in [0.2, 0.25) is 5.02 Å². The monoisotopic (exact) mass is 265 g/mol. The van der Waals surface area contributed by atoms with E-state index in [0.29, 0.717) is 23.8 Å². The molecule has 0 saturated carbocycles. The number of carbonyl (C=O) groups is 1. The van der Waals surface area contributed by atoms with Crippen molar-refractivity contribution in [2.75, 3.05) is 18.4 Å². The lowest BCUT2D eigenvalue weighted by molar-refractivity contribution is 0.0950. The summed E-state index contributed by atoms with van der Waals surface area (Å²) in [5.74, 6) is -0.185. The van der Waals surface area contributed by atoms with Crippen molar-refractivity contribution in [3.63, 3.8) is 0 Å². The van der Waals surface area contributed by atoms with Crippen LogP contribution in [-0.4, -0.2) is 34.2 Å². The van der Waals surface area contributed by atoms with Crippen molar-refractivity contribution < 1.29 is 4.79 Å². The molecular formula is C11H12ClN5O. The van der Waals surface area contributed by atoms with Gasteiger partial charge in [-0.1, -0.05) is 11.6 Å². The van der Waals surface area contributed by atoms with Crippen LogP contribution in [0.15, 0.2) is 30.7 Å². The van der Waals surface area contributed by atoms with Gasteiger partial charge in [0.1, 0.15) is 5.69 Å². The second kappa shape index (κ2) is 6.02. The molecule has 0 aliphatic heterocycles. The summed E-state index contributed by atoms with van der Waals surface area (Å²) >= 11 is 5.92. The number of pyridine rings is 1. The Kier molecular flexibility index (Phi) is 4.14. The first-order valence-corrected chi connectivity index (χ1v) is 5.76. The van der Waals surface area contributed by atoms with Gasteiger partial charge in [-0.2, -0.15) is 5.10 Å². The average Bonchev–Trinajstić information content (AvgIpc) is 2.90. The summed E-state index contributed by atoms with van der Waals surface area (Å²) < 4.78 is 0. The van der Waals surface area contributed by atoms with E-state index >= 15 is 0 Å². The third kappa shape index (κ3) is 3.21. The molecule has 0 radical (unpaired) electrons. The zero-order chi connectivity index (χ0) is 12.8. The van der Waals surface area contributed by atoms with Crippen molar-refractivity contribution in [2.45, 2.75) is 0 Å². The van der Waals surface area contributed by atoms with Crippen LogP contribution in [0.1, 0.15) is 10.5 Å². The molecule has 0 atom stereocenters. The zero-order valence-corrected chi connectivity index (χ0v) is 10.2. The van der Waals surface area contributed by atoms with Gasteiger partial charge in [-0.25, -0.2) is 0 Å². The Morgan fingerprint density at radius 1 is 1.33 bits per heavy atom. The molecule has 0 unspecified atom stereocenters. The highest BCUT2D eigenvalue weighted by Crippen LogP contribution is 2.18. The smallest absolute Gasteiger partial charge is 0.269 e. The Hall–Kier alpha value is -2.08. The molecule has 0 fully saturated rings. The SMILES string of the molecule is O=C(NCCNc1ccncc1Cl)c1ccn[nH]1. The number of nitrogens with one attached hydrogen (secondary N) is 3. The second-order valence-electron chi connectivity index (χ2n) is 3.51. The molecule has 94 valence electrons. The number of H-pyrrole nitrogens is 1. The van der Waals surface area contributed by atoms with Gasteiger partial charge < -0.3 is 10.6 Å². The first-order valence-electron chi connectivity index (χ1n) is 5.38. The molecule has 2 rings (SSSR count). The summed E-state index contributed by atoms with van der Waals surface area (Å²) in [6, 6.07) is 3.39. The molecule has 18 heavy (non-hydrogen) atoms. The summed E-state index contributed by atoms with van der Waals surface area (Å²) in [5, 5.41) is 12.7. The third-order valence-corrected chi connectivity index (χ3v) is 2.55. The number of amides is 1. The van der Waals surface area contributed by atoms with Crippen molar-refractivity contribution in [1.82, 2.24) is 20.5 Å². The highest BCUT2D eigenvalue weighted by atomic mass is 35.5. The lowest BCUT2D eigenvalue weighted by Crippen LogP contribution is -2.29. The lowest BCUT2D eigenvalue weighted by atomic mass is 10.4. The summed E-state index contributed by atoms with van der Waals surface area (Å²) in [4.78, 5) is 15.4. The topological polar surface area (TPSA) is 82.7 Å². The van der Waals surface area contributed by atoms with Gasteiger partial charge in [-0.05, 0) is 12.1 Å². The van der Waals surface area contributed by atoms with Crippen LogP contribution in [0.4, 0.5) is 5.69 Å². The number of carbonyl (C=O) groups excluding carboxylic acids is 1. The van der Waals surface area contributed by atoms with Crippen LogP contribution in [0, 0.1) is 0 Å². The number of hydrogen-bond acceptors (Lipinski definition) is 4. The van der Waals surface area contributed by atoms with E-state index in [1.165, 1.54) is 6.20 Å². The van der Waals surface area contributed by atoms with E-state index in [1.807, 2.05) is 0 Å². The van der Waals surface area contributed by atoms with Crippen molar-refractivity contribution in [3.8, 4) is 0 Å². The van der Waals surface area contributed by atoms with Gasteiger partial charge in [-0.15, -0.1) is 0 Å². The van der Waals surface area contributed by atoms with Crippen LogP contribution < -0.4 is 10.6 Å². The van der Waals surface area contributed by atoms with Gasteiger partial charge in [0.25, 0.3) is 5.91 Å². The van der Waals surface area contributed by atoms with Gasteiger partial charge in [0, 0.05) is 31.7 Å². The molecule has 0 bridgehead atoms. The largest absolute Gasteiger partial charge is 0.382 e. The minimum Gasteiger partial charge on any atom is -0.382 e. The van der Waals surface area contributed by atoms with Gasteiger partial charge in [0.05, 0.1) is 10.7 Å². The van der Waals surface area contributed by atoms with Crippen LogP contribution >= 0.6 is 11.6 Å². The maximum atomic E-state index is 11.5. The predicted molar refractivity (Wildman–Crippen MR) is 68.7 cm³/mol. The lowest BCUT2D eigenvalue weighted by Gasteiger charge is -2.08. The van der Waals surface area contributed by atoms with E-state index < -0.39 is 0 Å². The van der Waals surface area contributed by atoms with E-state index in [9.17, 15) is 4.79 Å². The molecule has 2 aromatic heterocycles. The Balaban J connectivity index is 1.74. The molecule has 0 saturated heterocycles. The Morgan fingerprint density at radius 2 is 2.22 bits per heavy atom. The number of aromatic nitrogens is 3. The van der Waals surface area contributed by atoms with Crippen LogP contribution in [0.5, 0.6) is 0 Å². The van der Waals surface area contributed by atoms with Crippen molar-refractivity contribution >= 4 is 23.2 Å². The van der Waals surface area contributed by atoms with E-state index in [2.05, 4.69) is 25.8 Å². The highest BCUT2D eigenvalue weighted by Gasteiger charge is 2.05. The number of nitrogens with zero attached hydrogens (tertiary/aromatic N) is 2. The molecule has 1 amide bonds. The molecule has 3 N–H and O–H groups in total. The molecule has 0 aliphatic carbocycles. The molecule has 6 nitrogen and oxygen atoms in total. The number of halogens is 1. The summed E-state index contributed by atoms with van der Waals surface area (Å²) in [6.45, 7) is 1.06. The molecule has 0 spiro atoms. The van der Waals surface area contributed by atoms with Gasteiger partial charge in [-0.3, -0.25) is 14.9 Å². The second-order valence-corrected chi connectivity index (χ2v) is 3.92. The standard InChI is InChI=1S/C11H12ClN5O/c12-8-7-13-3-1-9(8)14-5-6-15-11(18)10-2-4-16-17-10/h1-4,7H,5-6H2,(H,13,14)(H,15,18)(H,16,17). The van der Waals surface area contributed by atoms with Gasteiger partial charge in [0.15, 0.2) is 0 Å². The minimum atomic E-state index is -0.185. The maximum absolute atomic E-state index is 11.5. The first kappa shape index (κ1) is 12.4. The number of hydrogen-bond donors (Lipinski definition) is 3. The molecule has 2 heterocycles. The molecule has 2 aromatic rings. The van der Waals surface area contributed by atoms with E-state index in [0.717, 1.165) is 5.69 Å². The zero-order valence-electron chi connectivity index (χ0n) is 9.48. The fraction of sp³-hybridized carbons (Fsp3) is 0.182. The van der Waals surface area contributed by atoms with Crippen molar-refractivity contribution in [3.05, 3.63) is 41.4 Å². The number of aromatic amines is 1. The fourth-order valence-corrected chi connectivity index (χ4v) is 1.56.